The SMILES string of the molecule is CC1CCCC1C(N)c1ccc(C(F)(F)F)c(F)c1. The molecule has 0 bridgehead atoms. The van der Waals surface area contributed by atoms with Crippen LogP contribution in [0.5, 0.6) is 0 Å². The smallest absolute Gasteiger partial charge is 0.324 e. The van der Waals surface area contributed by atoms with Crippen molar-refractivity contribution in [1.29, 1.82) is 0 Å². The van der Waals surface area contributed by atoms with Crippen molar-refractivity contribution >= 4 is 0 Å². The van der Waals surface area contributed by atoms with Gasteiger partial charge in [0.25, 0.3) is 0 Å². The van der Waals surface area contributed by atoms with E-state index < -0.39 is 23.6 Å². The lowest BCUT2D eigenvalue weighted by Gasteiger charge is -2.24. The molecule has 2 rings (SSSR count). The van der Waals surface area contributed by atoms with Gasteiger partial charge in [0.15, 0.2) is 0 Å². The van der Waals surface area contributed by atoms with E-state index in [1.807, 2.05) is 0 Å². The Morgan fingerprint density at radius 3 is 2.42 bits per heavy atom. The van der Waals surface area contributed by atoms with Crippen LogP contribution in [0.15, 0.2) is 18.2 Å². The molecule has 1 nitrogen and oxygen atoms in total. The molecule has 19 heavy (non-hydrogen) atoms. The second kappa shape index (κ2) is 5.12. The number of hydrogen-bond acceptors (Lipinski definition) is 1. The van der Waals surface area contributed by atoms with E-state index in [-0.39, 0.29) is 5.92 Å². The van der Waals surface area contributed by atoms with Crippen LogP contribution in [0.1, 0.15) is 43.4 Å². The second-order valence-corrected chi connectivity index (χ2v) is 5.33. The minimum absolute atomic E-state index is 0.219. The summed E-state index contributed by atoms with van der Waals surface area (Å²) in [5, 5.41) is 0. The fraction of sp³-hybridized carbons (Fsp3) is 0.571. The molecule has 0 amide bonds. The van der Waals surface area contributed by atoms with Gasteiger partial charge in [-0.15, -0.1) is 0 Å². The zero-order chi connectivity index (χ0) is 14.2. The van der Waals surface area contributed by atoms with Gasteiger partial charge in [-0.05, 0) is 36.0 Å². The van der Waals surface area contributed by atoms with E-state index in [1.54, 1.807) is 0 Å². The molecule has 1 aromatic rings. The van der Waals surface area contributed by atoms with Crippen LogP contribution in [-0.4, -0.2) is 0 Å². The molecular formula is C14H17F4N. The van der Waals surface area contributed by atoms with Gasteiger partial charge in [-0.3, -0.25) is 0 Å². The zero-order valence-electron chi connectivity index (χ0n) is 10.7. The molecule has 1 aliphatic rings. The van der Waals surface area contributed by atoms with Gasteiger partial charge in [-0.25, -0.2) is 4.39 Å². The highest BCUT2D eigenvalue weighted by atomic mass is 19.4. The van der Waals surface area contributed by atoms with E-state index in [1.165, 1.54) is 6.07 Å². The fourth-order valence-electron chi connectivity index (χ4n) is 2.92. The molecule has 0 aromatic heterocycles. The summed E-state index contributed by atoms with van der Waals surface area (Å²) in [7, 11) is 0. The van der Waals surface area contributed by atoms with E-state index in [0.29, 0.717) is 11.5 Å². The maximum atomic E-state index is 13.5. The van der Waals surface area contributed by atoms with Gasteiger partial charge >= 0.3 is 6.18 Å². The molecule has 0 aliphatic heterocycles. The third-order valence-corrected chi connectivity index (χ3v) is 4.07. The van der Waals surface area contributed by atoms with Crippen molar-refractivity contribution in [3.05, 3.63) is 35.1 Å². The molecule has 1 aliphatic carbocycles. The van der Waals surface area contributed by atoms with Crippen LogP contribution < -0.4 is 5.73 Å². The van der Waals surface area contributed by atoms with Crippen molar-refractivity contribution in [3.8, 4) is 0 Å². The van der Waals surface area contributed by atoms with Gasteiger partial charge in [-0.2, -0.15) is 13.2 Å². The molecule has 3 atom stereocenters. The van der Waals surface area contributed by atoms with Gasteiger partial charge in [0, 0.05) is 6.04 Å². The number of hydrogen-bond donors (Lipinski definition) is 1. The van der Waals surface area contributed by atoms with Crippen LogP contribution in [-0.2, 0) is 6.18 Å². The molecular weight excluding hydrogens is 258 g/mol. The van der Waals surface area contributed by atoms with Crippen molar-refractivity contribution < 1.29 is 17.6 Å². The van der Waals surface area contributed by atoms with Crippen LogP contribution in [0.25, 0.3) is 0 Å². The molecule has 3 unspecified atom stereocenters. The molecule has 5 heteroatoms. The maximum Gasteiger partial charge on any atom is 0.419 e. The third-order valence-electron chi connectivity index (χ3n) is 4.07. The minimum atomic E-state index is -4.66. The van der Waals surface area contributed by atoms with E-state index in [9.17, 15) is 17.6 Å². The van der Waals surface area contributed by atoms with Crippen molar-refractivity contribution in [3.63, 3.8) is 0 Å². The number of alkyl halides is 3. The Morgan fingerprint density at radius 1 is 1.26 bits per heavy atom. The predicted octanol–water partition coefficient (Wildman–Crippen LogP) is 4.28. The van der Waals surface area contributed by atoms with Crippen molar-refractivity contribution in [1.82, 2.24) is 0 Å². The molecule has 106 valence electrons. The zero-order valence-corrected chi connectivity index (χ0v) is 10.7. The highest BCUT2D eigenvalue weighted by molar-refractivity contribution is 5.29. The first-order valence-electron chi connectivity index (χ1n) is 6.43. The molecule has 1 saturated carbocycles. The largest absolute Gasteiger partial charge is 0.419 e. The standard InChI is InChI=1S/C14H17F4N/c1-8-3-2-4-10(8)13(19)9-5-6-11(12(15)7-9)14(16,17)18/h5-8,10,13H,2-4,19H2,1H3. The normalized spacial score (nSPS) is 25.6. The molecule has 1 fully saturated rings. The number of benzene rings is 1. The van der Waals surface area contributed by atoms with Crippen LogP contribution in [0.3, 0.4) is 0 Å². The second-order valence-electron chi connectivity index (χ2n) is 5.33. The van der Waals surface area contributed by atoms with Gasteiger partial charge in [0.05, 0.1) is 5.56 Å². The van der Waals surface area contributed by atoms with E-state index in [2.05, 4.69) is 6.92 Å². The van der Waals surface area contributed by atoms with E-state index >= 15 is 0 Å². The monoisotopic (exact) mass is 275 g/mol. The summed E-state index contributed by atoms with van der Waals surface area (Å²) >= 11 is 0. The van der Waals surface area contributed by atoms with Crippen LogP contribution in [0, 0.1) is 17.7 Å². The summed E-state index contributed by atoms with van der Waals surface area (Å²) in [4.78, 5) is 0. The molecule has 0 saturated heterocycles. The third kappa shape index (κ3) is 2.91. The summed E-state index contributed by atoms with van der Waals surface area (Å²) in [5.41, 5.74) is 5.29. The number of halogens is 4. The first-order chi connectivity index (χ1) is 8.80. The van der Waals surface area contributed by atoms with Crippen LogP contribution in [0.2, 0.25) is 0 Å². The van der Waals surface area contributed by atoms with Gasteiger partial charge in [-0.1, -0.05) is 25.8 Å². The topological polar surface area (TPSA) is 26.0 Å². The summed E-state index contributed by atoms with van der Waals surface area (Å²) in [6, 6.07) is 2.61. The Morgan fingerprint density at radius 2 is 1.95 bits per heavy atom. The van der Waals surface area contributed by atoms with Crippen molar-refractivity contribution in [2.75, 3.05) is 0 Å². The molecule has 1 aromatic carbocycles. The highest BCUT2D eigenvalue weighted by Crippen LogP contribution is 2.40. The quantitative estimate of drug-likeness (QED) is 0.801. The van der Waals surface area contributed by atoms with Gasteiger partial charge < -0.3 is 5.73 Å². The molecule has 0 heterocycles. The Kier molecular flexibility index (Phi) is 3.85. The maximum absolute atomic E-state index is 13.5. The Bertz CT molecular complexity index is 455. The molecule has 0 spiro atoms. The van der Waals surface area contributed by atoms with Crippen LogP contribution >= 0.6 is 0 Å². The average Bonchev–Trinajstić information content (AvgIpc) is 2.72. The predicted molar refractivity (Wildman–Crippen MR) is 64.8 cm³/mol. The first kappa shape index (κ1) is 14.3. The molecule has 0 radical (unpaired) electrons. The van der Waals surface area contributed by atoms with Crippen molar-refractivity contribution in [2.24, 2.45) is 17.6 Å². The van der Waals surface area contributed by atoms with Gasteiger partial charge in [0.1, 0.15) is 5.82 Å². The molecule has 2 N–H and O–H groups in total. The summed E-state index contributed by atoms with van der Waals surface area (Å²) in [5.74, 6) is -0.595. The Labute approximate surface area is 109 Å². The summed E-state index contributed by atoms with van der Waals surface area (Å²) < 4.78 is 50.9. The summed E-state index contributed by atoms with van der Waals surface area (Å²) in [6.07, 6.45) is -1.57. The Hall–Kier alpha value is -1.10. The van der Waals surface area contributed by atoms with Crippen LogP contribution in [0.4, 0.5) is 17.6 Å². The lowest BCUT2D eigenvalue weighted by atomic mass is 9.86. The summed E-state index contributed by atoms with van der Waals surface area (Å²) in [6.45, 7) is 2.08. The highest BCUT2D eigenvalue weighted by Gasteiger charge is 2.35. The van der Waals surface area contributed by atoms with Crippen molar-refractivity contribution in [2.45, 2.75) is 38.4 Å². The number of rotatable bonds is 2. The Balaban J connectivity index is 2.24. The van der Waals surface area contributed by atoms with Gasteiger partial charge in [0.2, 0.25) is 0 Å². The van der Waals surface area contributed by atoms with E-state index in [4.69, 9.17) is 5.73 Å². The van der Waals surface area contributed by atoms with E-state index in [0.717, 1.165) is 31.4 Å². The lowest BCUT2D eigenvalue weighted by Crippen LogP contribution is -2.23. The lowest BCUT2D eigenvalue weighted by molar-refractivity contribution is -0.140. The number of nitrogens with two attached hydrogens (primary N) is 1. The first-order valence-corrected chi connectivity index (χ1v) is 6.43. The minimum Gasteiger partial charge on any atom is -0.324 e. The fourth-order valence-corrected chi connectivity index (χ4v) is 2.92. The average molecular weight is 275 g/mol.